The Hall–Kier alpha value is -1.33. The fraction of sp³-hybridized carbons (Fsp3) is 0.562. The van der Waals surface area contributed by atoms with Crippen molar-refractivity contribution in [1.82, 2.24) is 4.90 Å². The summed E-state index contributed by atoms with van der Waals surface area (Å²) in [5, 5.41) is 0. The number of carbonyl (C=O) groups is 1. The Kier molecular flexibility index (Phi) is 3.93. The molecule has 2 rings (SSSR count). The fourth-order valence-electron chi connectivity index (χ4n) is 2.31. The van der Waals surface area contributed by atoms with E-state index in [2.05, 4.69) is 0 Å². The number of benzene rings is 1. The van der Waals surface area contributed by atoms with Gasteiger partial charge in [-0.1, -0.05) is 11.6 Å². The van der Waals surface area contributed by atoms with Gasteiger partial charge in [0, 0.05) is 19.7 Å². The monoisotopic (exact) mass is 289 g/mol. The van der Waals surface area contributed by atoms with E-state index in [1.54, 1.807) is 19.0 Å². The molecule has 0 aliphatic carbocycles. The Balaban J connectivity index is 2.36. The highest BCUT2D eigenvalue weighted by atomic mass is 16.7. The van der Waals surface area contributed by atoms with Gasteiger partial charge in [-0.3, -0.25) is 4.79 Å². The van der Waals surface area contributed by atoms with Crippen molar-refractivity contribution in [2.45, 2.75) is 45.8 Å². The van der Waals surface area contributed by atoms with E-state index in [-0.39, 0.29) is 17.1 Å². The first kappa shape index (κ1) is 16.1. The summed E-state index contributed by atoms with van der Waals surface area (Å²) in [6, 6.07) is 5.75. The van der Waals surface area contributed by atoms with Crippen molar-refractivity contribution in [2.24, 2.45) is 0 Å². The lowest BCUT2D eigenvalue weighted by molar-refractivity contribution is 0.00578. The van der Waals surface area contributed by atoms with Crippen LogP contribution >= 0.6 is 0 Å². The standard InChI is InChI=1S/C16H24BNO3/c1-11-8-12(14(19)18(6)7)10-13(9-11)17-20-15(2,3)16(4,5)21-17/h8-10H,1-7H3. The van der Waals surface area contributed by atoms with Crippen LogP contribution in [0.15, 0.2) is 18.2 Å². The van der Waals surface area contributed by atoms with Crippen LogP contribution in [-0.4, -0.2) is 43.2 Å². The van der Waals surface area contributed by atoms with Crippen molar-refractivity contribution >= 4 is 18.5 Å². The number of hydrogen-bond acceptors (Lipinski definition) is 3. The maximum atomic E-state index is 12.2. The third kappa shape index (κ3) is 2.99. The fourth-order valence-corrected chi connectivity index (χ4v) is 2.31. The molecule has 1 amide bonds. The minimum atomic E-state index is -0.441. The van der Waals surface area contributed by atoms with E-state index in [1.807, 2.05) is 52.8 Å². The molecule has 1 saturated heterocycles. The predicted molar refractivity (Wildman–Crippen MR) is 84.9 cm³/mol. The summed E-state index contributed by atoms with van der Waals surface area (Å²) in [7, 11) is 3.06. The molecule has 0 atom stereocenters. The van der Waals surface area contributed by atoms with Crippen LogP contribution < -0.4 is 5.46 Å². The van der Waals surface area contributed by atoms with Gasteiger partial charge >= 0.3 is 7.12 Å². The van der Waals surface area contributed by atoms with E-state index in [9.17, 15) is 4.79 Å². The van der Waals surface area contributed by atoms with Gasteiger partial charge in [-0.15, -0.1) is 0 Å². The van der Waals surface area contributed by atoms with Gasteiger partial charge in [0.05, 0.1) is 11.2 Å². The summed E-state index contributed by atoms with van der Waals surface area (Å²) in [6.45, 7) is 10.1. The Morgan fingerprint density at radius 3 is 2.05 bits per heavy atom. The third-order valence-corrected chi connectivity index (χ3v) is 4.28. The van der Waals surface area contributed by atoms with E-state index in [0.29, 0.717) is 5.56 Å². The lowest BCUT2D eigenvalue weighted by Crippen LogP contribution is -2.41. The molecule has 1 aliphatic rings. The highest BCUT2D eigenvalue weighted by Crippen LogP contribution is 2.36. The SMILES string of the molecule is Cc1cc(B2OC(C)(C)C(C)(C)O2)cc(C(=O)N(C)C)c1. The lowest BCUT2D eigenvalue weighted by Gasteiger charge is -2.32. The van der Waals surface area contributed by atoms with Crippen molar-refractivity contribution in [3.63, 3.8) is 0 Å². The Labute approximate surface area is 127 Å². The molecule has 1 aromatic rings. The molecule has 0 radical (unpaired) electrons. The molecule has 21 heavy (non-hydrogen) atoms. The maximum absolute atomic E-state index is 12.2. The molecule has 0 bridgehead atoms. The molecular formula is C16H24BNO3. The van der Waals surface area contributed by atoms with Crippen LogP contribution in [0.1, 0.15) is 43.6 Å². The molecule has 114 valence electrons. The van der Waals surface area contributed by atoms with Gasteiger partial charge in [-0.05, 0) is 52.2 Å². The van der Waals surface area contributed by atoms with E-state index in [4.69, 9.17) is 9.31 Å². The minimum absolute atomic E-state index is 0.0172. The van der Waals surface area contributed by atoms with Crippen LogP contribution in [0.4, 0.5) is 0 Å². The Morgan fingerprint density at radius 1 is 1.05 bits per heavy atom. The van der Waals surface area contributed by atoms with E-state index in [0.717, 1.165) is 11.0 Å². The molecule has 1 fully saturated rings. The molecular weight excluding hydrogens is 265 g/mol. The van der Waals surface area contributed by atoms with Crippen LogP contribution in [0.2, 0.25) is 0 Å². The van der Waals surface area contributed by atoms with Gasteiger partial charge in [0.25, 0.3) is 5.91 Å². The number of rotatable bonds is 2. The average molecular weight is 289 g/mol. The maximum Gasteiger partial charge on any atom is 0.494 e. The zero-order valence-electron chi connectivity index (χ0n) is 14.0. The molecule has 0 spiro atoms. The van der Waals surface area contributed by atoms with Crippen molar-refractivity contribution in [1.29, 1.82) is 0 Å². The topological polar surface area (TPSA) is 38.8 Å². The Morgan fingerprint density at radius 2 is 1.57 bits per heavy atom. The van der Waals surface area contributed by atoms with Crippen molar-refractivity contribution < 1.29 is 14.1 Å². The van der Waals surface area contributed by atoms with Crippen LogP contribution in [0, 0.1) is 6.92 Å². The number of nitrogens with zero attached hydrogens (tertiary/aromatic N) is 1. The van der Waals surface area contributed by atoms with Crippen LogP contribution in [0.25, 0.3) is 0 Å². The summed E-state index contributed by atoms with van der Waals surface area (Å²) >= 11 is 0. The lowest BCUT2D eigenvalue weighted by atomic mass is 9.77. The van der Waals surface area contributed by atoms with Gasteiger partial charge in [-0.25, -0.2) is 0 Å². The zero-order chi connectivity index (χ0) is 16.0. The molecule has 1 aromatic carbocycles. The highest BCUT2D eigenvalue weighted by Gasteiger charge is 2.51. The molecule has 0 saturated carbocycles. The van der Waals surface area contributed by atoms with Gasteiger partial charge in [-0.2, -0.15) is 0 Å². The molecule has 0 aromatic heterocycles. The normalized spacial score (nSPS) is 19.7. The molecule has 5 heteroatoms. The molecule has 0 N–H and O–H groups in total. The summed E-state index contributed by atoms with van der Waals surface area (Å²) < 4.78 is 12.1. The predicted octanol–water partition coefficient (Wildman–Crippen LogP) is 2.00. The number of hydrogen-bond donors (Lipinski definition) is 0. The van der Waals surface area contributed by atoms with Crippen molar-refractivity contribution in [3.8, 4) is 0 Å². The second-order valence-electron chi connectivity index (χ2n) is 6.92. The second kappa shape index (κ2) is 5.14. The smallest absolute Gasteiger partial charge is 0.399 e. The second-order valence-corrected chi connectivity index (χ2v) is 6.92. The molecule has 1 aliphatic heterocycles. The first-order chi connectivity index (χ1) is 9.53. The summed E-state index contributed by atoms with van der Waals surface area (Å²) in [4.78, 5) is 13.7. The molecule has 4 nitrogen and oxygen atoms in total. The Bertz CT molecular complexity index is 551. The largest absolute Gasteiger partial charge is 0.494 e. The van der Waals surface area contributed by atoms with Gasteiger partial charge in [0.1, 0.15) is 0 Å². The zero-order valence-corrected chi connectivity index (χ0v) is 14.0. The average Bonchev–Trinajstić information content (AvgIpc) is 2.56. The number of amides is 1. The summed E-state index contributed by atoms with van der Waals surface area (Å²) in [6.07, 6.45) is 0. The highest BCUT2D eigenvalue weighted by molar-refractivity contribution is 6.62. The van der Waals surface area contributed by atoms with Crippen LogP contribution in [0.3, 0.4) is 0 Å². The quantitative estimate of drug-likeness (QED) is 0.782. The first-order valence-corrected chi connectivity index (χ1v) is 7.22. The molecule has 0 unspecified atom stereocenters. The molecule has 1 heterocycles. The minimum Gasteiger partial charge on any atom is -0.399 e. The van der Waals surface area contributed by atoms with E-state index in [1.165, 1.54) is 0 Å². The summed E-state index contributed by atoms with van der Waals surface area (Å²) in [5.74, 6) is -0.0172. The first-order valence-electron chi connectivity index (χ1n) is 7.22. The summed E-state index contributed by atoms with van der Waals surface area (Å²) in [5.41, 5.74) is 1.80. The van der Waals surface area contributed by atoms with E-state index < -0.39 is 7.12 Å². The van der Waals surface area contributed by atoms with Crippen molar-refractivity contribution in [2.75, 3.05) is 14.1 Å². The van der Waals surface area contributed by atoms with Gasteiger partial charge in [0.2, 0.25) is 0 Å². The van der Waals surface area contributed by atoms with Gasteiger partial charge in [0.15, 0.2) is 0 Å². The number of aryl methyl sites for hydroxylation is 1. The van der Waals surface area contributed by atoms with Crippen LogP contribution in [-0.2, 0) is 9.31 Å². The van der Waals surface area contributed by atoms with Crippen molar-refractivity contribution in [3.05, 3.63) is 29.3 Å². The number of carbonyl (C=O) groups excluding carboxylic acids is 1. The van der Waals surface area contributed by atoms with E-state index >= 15 is 0 Å². The van der Waals surface area contributed by atoms with Gasteiger partial charge < -0.3 is 14.2 Å². The van der Waals surface area contributed by atoms with Crippen LogP contribution in [0.5, 0.6) is 0 Å². The third-order valence-electron chi connectivity index (χ3n) is 4.28.